The average molecular weight is 264 g/mol. The van der Waals surface area contributed by atoms with Crippen LogP contribution in [0, 0.1) is 0 Å². The molecule has 0 bridgehead atoms. The van der Waals surface area contributed by atoms with Gasteiger partial charge in [0.15, 0.2) is 0 Å². The van der Waals surface area contributed by atoms with Gasteiger partial charge < -0.3 is 9.30 Å². The normalized spacial score (nSPS) is 11.8. The Labute approximate surface area is 111 Å². The summed E-state index contributed by atoms with van der Waals surface area (Å²) in [5.74, 6) is -0.301. The van der Waals surface area contributed by atoms with Crippen LogP contribution in [0.3, 0.4) is 0 Å². The number of ether oxygens (including phenoxy) is 1. The Morgan fingerprint density at radius 2 is 2.22 bits per heavy atom. The van der Waals surface area contributed by atoms with Crippen molar-refractivity contribution >= 4 is 28.5 Å². The molecular weight excluding hydrogens is 250 g/mol. The lowest BCUT2D eigenvalue weighted by atomic mass is 10.2. The van der Waals surface area contributed by atoms with Crippen molar-refractivity contribution in [3.8, 4) is 0 Å². The number of methoxy groups -OCH3 is 1. The molecule has 18 heavy (non-hydrogen) atoms. The van der Waals surface area contributed by atoms with Gasteiger partial charge in [0.25, 0.3) is 0 Å². The highest BCUT2D eigenvalue weighted by molar-refractivity contribution is 6.31. The van der Waals surface area contributed by atoms with E-state index in [0.717, 1.165) is 10.9 Å². The minimum atomic E-state index is -0.301. The van der Waals surface area contributed by atoms with Crippen molar-refractivity contribution in [2.45, 2.75) is 13.5 Å². The molecule has 0 spiro atoms. The Morgan fingerprint density at radius 3 is 2.94 bits per heavy atom. The third-order valence-corrected chi connectivity index (χ3v) is 3.07. The molecule has 0 fully saturated rings. The van der Waals surface area contributed by atoms with E-state index in [1.807, 2.05) is 41.1 Å². The standard InChI is InChI=1S/C14H14ClNO2/c1-10(14(17)18-2)5-7-16-8-6-11-3-4-12(15)9-13(11)16/h3-6,8-9H,7H2,1-2H3. The van der Waals surface area contributed by atoms with E-state index in [2.05, 4.69) is 4.74 Å². The van der Waals surface area contributed by atoms with Crippen LogP contribution in [0.5, 0.6) is 0 Å². The van der Waals surface area contributed by atoms with E-state index < -0.39 is 0 Å². The molecule has 0 saturated heterocycles. The number of allylic oxidation sites excluding steroid dienone is 1. The van der Waals surface area contributed by atoms with E-state index in [0.29, 0.717) is 17.1 Å². The summed E-state index contributed by atoms with van der Waals surface area (Å²) >= 11 is 5.98. The first kappa shape index (κ1) is 12.7. The van der Waals surface area contributed by atoms with Gasteiger partial charge in [-0.05, 0) is 30.5 Å². The highest BCUT2D eigenvalue weighted by Crippen LogP contribution is 2.20. The van der Waals surface area contributed by atoms with Gasteiger partial charge in [0.1, 0.15) is 0 Å². The number of halogens is 1. The monoisotopic (exact) mass is 263 g/mol. The molecule has 0 radical (unpaired) electrons. The molecule has 2 aromatic rings. The van der Waals surface area contributed by atoms with E-state index in [-0.39, 0.29) is 5.97 Å². The number of carbonyl (C=O) groups excluding carboxylic acids is 1. The average Bonchev–Trinajstić information content (AvgIpc) is 2.77. The SMILES string of the molecule is COC(=O)C(C)=CCn1ccc2ccc(Cl)cc21. The zero-order valence-electron chi connectivity index (χ0n) is 10.3. The molecule has 1 heterocycles. The summed E-state index contributed by atoms with van der Waals surface area (Å²) in [5.41, 5.74) is 1.65. The lowest BCUT2D eigenvalue weighted by Gasteiger charge is -2.03. The van der Waals surface area contributed by atoms with Crippen LogP contribution in [0.1, 0.15) is 6.92 Å². The van der Waals surface area contributed by atoms with E-state index in [4.69, 9.17) is 11.6 Å². The maximum absolute atomic E-state index is 11.3. The number of aromatic nitrogens is 1. The summed E-state index contributed by atoms with van der Waals surface area (Å²) in [6.45, 7) is 2.36. The van der Waals surface area contributed by atoms with Gasteiger partial charge in [-0.25, -0.2) is 4.79 Å². The number of rotatable bonds is 3. The van der Waals surface area contributed by atoms with Crippen molar-refractivity contribution in [3.63, 3.8) is 0 Å². The van der Waals surface area contributed by atoms with Crippen molar-refractivity contribution in [2.24, 2.45) is 0 Å². The molecule has 2 rings (SSSR count). The zero-order chi connectivity index (χ0) is 13.1. The number of esters is 1. The van der Waals surface area contributed by atoms with Crippen molar-refractivity contribution in [3.05, 3.63) is 47.1 Å². The van der Waals surface area contributed by atoms with Crippen LogP contribution in [0.4, 0.5) is 0 Å². The summed E-state index contributed by atoms with van der Waals surface area (Å²) in [5, 5.41) is 1.83. The molecular formula is C14H14ClNO2. The van der Waals surface area contributed by atoms with Crippen molar-refractivity contribution in [1.29, 1.82) is 0 Å². The van der Waals surface area contributed by atoms with Crippen LogP contribution in [0.15, 0.2) is 42.1 Å². The van der Waals surface area contributed by atoms with Crippen molar-refractivity contribution in [2.75, 3.05) is 7.11 Å². The molecule has 0 atom stereocenters. The van der Waals surface area contributed by atoms with E-state index in [1.54, 1.807) is 6.92 Å². The van der Waals surface area contributed by atoms with Gasteiger partial charge in [-0.1, -0.05) is 23.7 Å². The molecule has 0 aliphatic rings. The molecule has 0 saturated carbocycles. The molecule has 0 aliphatic carbocycles. The smallest absolute Gasteiger partial charge is 0.333 e. The number of nitrogens with zero attached hydrogens (tertiary/aromatic N) is 1. The van der Waals surface area contributed by atoms with Gasteiger partial charge in [0, 0.05) is 28.9 Å². The predicted molar refractivity (Wildman–Crippen MR) is 72.7 cm³/mol. The quantitative estimate of drug-likeness (QED) is 0.628. The van der Waals surface area contributed by atoms with Gasteiger partial charge >= 0.3 is 5.97 Å². The Balaban J connectivity index is 2.27. The molecule has 3 nitrogen and oxygen atoms in total. The van der Waals surface area contributed by atoms with Gasteiger partial charge in [0.2, 0.25) is 0 Å². The van der Waals surface area contributed by atoms with E-state index >= 15 is 0 Å². The summed E-state index contributed by atoms with van der Waals surface area (Å²) in [6, 6.07) is 7.78. The van der Waals surface area contributed by atoms with Crippen LogP contribution in [-0.2, 0) is 16.1 Å². The third-order valence-electron chi connectivity index (χ3n) is 2.84. The fourth-order valence-corrected chi connectivity index (χ4v) is 1.96. The molecule has 0 unspecified atom stereocenters. The Hall–Kier alpha value is -1.74. The maximum Gasteiger partial charge on any atom is 0.333 e. The Kier molecular flexibility index (Phi) is 3.72. The summed E-state index contributed by atoms with van der Waals surface area (Å²) in [7, 11) is 1.38. The molecule has 0 amide bonds. The highest BCUT2D eigenvalue weighted by atomic mass is 35.5. The molecule has 94 valence electrons. The van der Waals surface area contributed by atoms with Gasteiger partial charge in [0.05, 0.1) is 7.11 Å². The minimum Gasteiger partial charge on any atom is -0.466 e. The zero-order valence-corrected chi connectivity index (χ0v) is 11.1. The van der Waals surface area contributed by atoms with Crippen LogP contribution in [-0.4, -0.2) is 17.6 Å². The van der Waals surface area contributed by atoms with Crippen LogP contribution in [0.2, 0.25) is 5.02 Å². The fraction of sp³-hybridized carbons (Fsp3) is 0.214. The predicted octanol–water partition coefficient (Wildman–Crippen LogP) is 3.41. The lowest BCUT2D eigenvalue weighted by molar-refractivity contribution is -0.136. The third kappa shape index (κ3) is 2.57. The van der Waals surface area contributed by atoms with Crippen LogP contribution < -0.4 is 0 Å². The van der Waals surface area contributed by atoms with Gasteiger partial charge in [-0.15, -0.1) is 0 Å². The first-order valence-corrected chi connectivity index (χ1v) is 5.99. The number of carbonyl (C=O) groups is 1. The number of benzene rings is 1. The number of fused-ring (bicyclic) bond motifs is 1. The first-order chi connectivity index (χ1) is 8.61. The van der Waals surface area contributed by atoms with Crippen molar-refractivity contribution in [1.82, 2.24) is 4.57 Å². The van der Waals surface area contributed by atoms with Crippen molar-refractivity contribution < 1.29 is 9.53 Å². The molecule has 0 aliphatic heterocycles. The van der Waals surface area contributed by atoms with Gasteiger partial charge in [-0.3, -0.25) is 0 Å². The maximum atomic E-state index is 11.3. The second-order valence-electron chi connectivity index (χ2n) is 4.05. The lowest BCUT2D eigenvalue weighted by Crippen LogP contribution is -2.03. The topological polar surface area (TPSA) is 31.2 Å². The van der Waals surface area contributed by atoms with Crippen LogP contribution >= 0.6 is 11.6 Å². The Morgan fingerprint density at radius 1 is 1.44 bits per heavy atom. The Bertz CT molecular complexity index is 613. The summed E-state index contributed by atoms with van der Waals surface area (Å²) < 4.78 is 6.69. The first-order valence-electron chi connectivity index (χ1n) is 5.61. The highest BCUT2D eigenvalue weighted by Gasteiger charge is 2.04. The van der Waals surface area contributed by atoms with Gasteiger partial charge in [-0.2, -0.15) is 0 Å². The molecule has 1 aromatic heterocycles. The molecule has 0 N–H and O–H groups in total. The van der Waals surface area contributed by atoms with E-state index in [9.17, 15) is 4.79 Å². The largest absolute Gasteiger partial charge is 0.466 e. The molecule has 1 aromatic carbocycles. The number of hydrogen-bond acceptors (Lipinski definition) is 2. The summed E-state index contributed by atoms with van der Waals surface area (Å²) in [6.07, 6.45) is 3.81. The second kappa shape index (κ2) is 5.27. The van der Waals surface area contributed by atoms with Crippen LogP contribution in [0.25, 0.3) is 10.9 Å². The second-order valence-corrected chi connectivity index (χ2v) is 4.49. The van der Waals surface area contributed by atoms with E-state index in [1.165, 1.54) is 7.11 Å². The minimum absolute atomic E-state index is 0.301. The fourth-order valence-electron chi connectivity index (χ4n) is 1.80. The summed E-state index contributed by atoms with van der Waals surface area (Å²) in [4.78, 5) is 11.3. The molecule has 4 heteroatoms. The number of hydrogen-bond donors (Lipinski definition) is 0.